The minimum atomic E-state index is -1.46. The Morgan fingerprint density at radius 1 is 0.559 bits per heavy atom. The van der Waals surface area contributed by atoms with Gasteiger partial charge in [-0.05, 0) is 23.6 Å². The van der Waals surface area contributed by atoms with Gasteiger partial charge in [-0.25, -0.2) is 0 Å². The summed E-state index contributed by atoms with van der Waals surface area (Å²) in [5, 5.41) is 0. The normalized spacial score (nSPS) is 14.8. The smallest absolute Gasteiger partial charge is 0 e. The molecule has 0 atom stereocenters. The second-order valence-corrected chi connectivity index (χ2v) is 11.1. The van der Waals surface area contributed by atoms with E-state index >= 15 is 0 Å². The van der Waals surface area contributed by atoms with Gasteiger partial charge in [0.2, 0.25) is 0 Å². The molecule has 0 unspecified atom stereocenters. The third-order valence-corrected chi connectivity index (χ3v) is 9.69. The first kappa shape index (κ1) is 31.8. The number of benzene rings is 3. The van der Waals surface area contributed by atoms with Crippen molar-refractivity contribution in [2.24, 2.45) is 0 Å². The van der Waals surface area contributed by atoms with Crippen LogP contribution < -0.4 is 0 Å². The molecule has 4 rings (SSSR count). The predicted molar refractivity (Wildman–Crippen MR) is 130 cm³/mol. The summed E-state index contributed by atoms with van der Waals surface area (Å²) < 4.78 is 22.5. The molecule has 0 amide bonds. The van der Waals surface area contributed by atoms with E-state index in [4.69, 9.17) is 14.0 Å². The molecule has 3 nitrogen and oxygen atoms in total. The van der Waals surface area contributed by atoms with Crippen molar-refractivity contribution in [1.82, 2.24) is 0 Å². The molecular weight excluding hydrogens is 479 g/mol. The third-order valence-electron chi connectivity index (χ3n) is 5.53. The SMILES string of the molecule is CC[P+]1(C)[C](c2ccccc2)[CH][C](c2ccccc2)[CH][C]1c1ccccc1.[C-]#[O+].[C-]#[O+].[C-]#[O+].[Cr]. The van der Waals surface area contributed by atoms with Crippen molar-refractivity contribution in [3.05, 3.63) is 158 Å². The molecule has 0 aromatic heterocycles. The van der Waals surface area contributed by atoms with Gasteiger partial charge in [-0.15, -0.1) is 0 Å². The maximum Gasteiger partial charge on any atom is 0 e. The van der Waals surface area contributed by atoms with Gasteiger partial charge in [-0.1, -0.05) is 91.0 Å². The van der Waals surface area contributed by atoms with Gasteiger partial charge in [0, 0.05) is 43.4 Å². The van der Waals surface area contributed by atoms with E-state index in [1.54, 1.807) is 0 Å². The van der Waals surface area contributed by atoms with Crippen LogP contribution in [0.3, 0.4) is 0 Å². The largest absolute Gasteiger partial charge is 0 e. The van der Waals surface area contributed by atoms with Gasteiger partial charge in [0.05, 0.1) is 12.8 Å². The fourth-order valence-corrected chi connectivity index (χ4v) is 7.07. The van der Waals surface area contributed by atoms with Gasteiger partial charge in [0.1, 0.15) is 0 Å². The van der Waals surface area contributed by atoms with Crippen molar-refractivity contribution in [2.75, 3.05) is 12.8 Å². The Bertz CT molecular complexity index is 924. The van der Waals surface area contributed by atoms with E-state index in [9.17, 15) is 0 Å². The third kappa shape index (κ3) is 7.68. The Balaban J connectivity index is 0.00000145. The fourth-order valence-electron chi connectivity index (χ4n) is 3.84. The van der Waals surface area contributed by atoms with Gasteiger partial charge in [0.25, 0.3) is 0 Å². The van der Waals surface area contributed by atoms with Crippen LogP contribution in [0.15, 0.2) is 91.0 Å². The molecule has 0 bridgehead atoms. The molecule has 3 aromatic carbocycles. The second-order valence-electron chi connectivity index (χ2n) is 7.12. The molecule has 1 fully saturated rings. The molecule has 1 saturated heterocycles. The van der Waals surface area contributed by atoms with Crippen LogP contribution in [-0.2, 0) is 31.3 Å². The predicted octanol–water partition coefficient (Wildman–Crippen LogP) is 6.74. The van der Waals surface area contributed by atoms with Crippen LogP contribution in [0.5, 0.6) is 0 Å². The second kappa shape index (κ2) is 17.3. The van der Waals surface area contributed by atoms with Crippen LogP contribution in [0.25, 0.3) is 0 Å². The molecule has 0 aliphatic carbocycles. The maximum absolute atomic E-state index is 7.50. The summed E-state index contributed by atoms with van der Waals surface area (Å²) in [7, 11) is -1.46. The minimum Gasteiger partial charge on any atom is 0 e. The molecule has 34 heavy (non-hydrogen) atoms. The van der Waals surface area contributed by atoms with Crippen molar-refractivity contribution in [2.45, 2.75) is 6.92 Å². The van der Waals surface area contributed by atoms with Crippen LogP contribution in [0, 0.1) is 50.0 Å². The van der Waals surface area contributed by atoms with E-state index < -0.39 is 7.26 Å². The Morgan fingerprint density at radius 2 is 0.853 bits per heavy atom. The molecule has 1 heterocycles. The summed E-state index contributed by atoms with van der Waals surface area (Å²) in [6, 6.07) is 32.6. The van der Waals surface area contributed by atoms with E-state index in [2.05, 4.69) is 137 Å². The topological polar surface area (TPSA) is 59.7 Å². The van der Waals surface area contributed by atoms with E-state index in [0.29, 0.717) is 0 Å². The summed E-state index contributed by atoms with van der Waals surface area (Å²) in [5.41, 5.74) is 6.99. The zero-order chi connectivity index (χ0) is 24.7. The Labute approximate surface area is 215 Å². The maximum atomic E-state index is 7.50. The van der Waals surface area contributed by atoms with E-state index in [1.165, 1.54) is 33.9 Å². The van der Waals surface area contributed by atoms with Crippen molar-refractivity contribution in [3.63, 3.8) is 0 Å². The van der Waals surface area contributed by atoms with Crippen LogP contribution >= 0.6 is 7.26 Å². The fraction of sp³-hybridized carbons (Fsp3) is 0.103. The van der Waals surface area contributed by atoms with E-state index in [-0.39, 0.29) is 17.4 Å². The van der Waals surface area contributed by atoms with Crippen molar-refractivity contribution < 1.29 is 31.3 Å². The Kier molecular flexibility index (Phi) is 16.2. The zero-order valence-electron chi connectivity index (χ0n) is 19.1. The zero-order valence-corrected chi connectivity index (χ0v) is 21.3. The molecule has 169 valence electrons. The Hall–Kier alpha value is -2.16. The number of hydrogen-bond acceptors (Lipinski definition) is 0. The van der Waals surface area contributed by atoms with Gasteiger partial charge in [-0.2, -0.15) is 0 Å². The molecular formula is C29H25CrO3P+. The minimum absolute atomic E-state index is 0. The summed E-state index contributed by atoms with van der Waals surface area (Å²) in [6.45, 7) is 18.3. The monoisotopic (exact) mass is 504 g/mol. The average molecular weight is 504 g/mol. The number of rotatable bonds is 4. The van der Waals surface area contributed by atoms with Crippen molar-refractivity contribution in [3.8, 4) is 0 Å². The van der Waals surface area contributed by atoms with Crippen molar-refractivity contribution >= 4 is 7.26 Å². The first-order valence-corrected chi connectivity index (χ1v) is 12.6. The first-order valence-electron chi connectivity index (χ1n) is 10.2. The molecule has 0 spiro atoms. The summed E-state index contributed by atoms with van der Waals surface area (Å²) >= 11 is 0. The van der Waals surface area contributed by atoms with Crippen molar-refractivity contribution in [1.29, 1.82) is 0 Å². The van der Waals surface area contributed by atoms with Crippen LogP contribution in [0.1, 0.15) is 23.6 Å². The molecule has 0 N–H and O–H groups in total. The molecule has 5 radical (unpaired) electrons. The molecule has 1 aliphatic heterocycles. The average Bonchev–Trinajstić information content (AvgIpc) is 2.93. The van der Waals surface area contributed by atoms with Gasteiger partial charge >= 0.3 is 33.9 Å². The Morgan fingerprint density at radius 3 is 1.15 bits per heavy atom. The quantitative estimate of drug-likeness (QED) is 0.215. The summed E-state index contributed by atoms with van der Waals surface area (Å²) in [4.78, 5) is 0. The van der Waals surface area contributed by atoms with E-state index in [0.717, 1.165) is 6.16 Å². The molecule has 5 heteroatoms. The first-order chi connectivity index (χ1) is 16.2. The number of hydrogen-bond donors (Lipinski definition) is 0. The van der Waals surface area contributed by atoms with Crippen LogP contribution in [0.4, 0.5) is 0 Å². The van der Waals surface area contributed by atoms with Crippen LogP contribution in [-0.4, -0.2) is 12.8 Å². The molecule has 0 saturated carbocycles. The molecule has 1 aliphatic rings. The molecule has 3 aromatic rings. The summed E-state index contributed by atoms with van der Waals surface area (Å²) in [6.07, 6.45) is 6.04. The van der Waals surface area contributed by atoms with Gasteiger partial charge < -0.3 is 0 Å². The van der Waals surface area contributed by atoms with Crippen LogP contribution in [0.2, 0.25) is 0 Å². The van der Waals surface area contributed by atoms with Gasteiger partial charge in [-0.3, -0.25) is 0 Å². The van der Waals surface area contributed by atoms with Gasteiger partial charge in [0.15, 0.2) is 11.3 Å². The van der Waals surface area contributed by atoms with E-state index in [1.807, 2.05) is 0 Å². The summed E-state index contributed by atoms with van der Waals surface area (Å²) in [5.74, 6) is 1.30. The standard InChI is InChI=1S/C26H25P.3CO.Cr/c1-3-27(2)25(22-15-9-5-10-16-22)19-24(21-13-7-4-8-14-21)20-26(27)23-17-11-6-12-18-23;3*1-2;/h4-20H,3H2,1-2H3;;;;/q+1;;;;.